The molecule has 0 N–H and O–H groups in total. The highest BCUT2D eigenvalue weighted by Gasteiger charge is 2.33. The van der Waals surface area contributed by atoms with E-state index in [1.54, 1.807) is 0 Å². The second-order valence-electron chi connectivity index (χ2n) is 6.74. The molecule has 0 saturated carbocycles. The third-order valence-corrected chi connectivity index (χ3v) is 5.97. The van der Waals surface area contributed by atoms with Gasteiger partial charge in [0.25, 0.3) is 0 Å². The van der Waals surface area contributed by atoms with Crippen LogP contribution in [0.5, 0.6) is 0 Å². The topological polar surface area (TPSA) is 78.0 Å². The lowest BCUT2D eigenvalue weighted by Crippen LogP contribution is -2.53. The van der Waals surface area contributed by atoms with Crippen LogP contribution in [0.1, 0.15) is 26.7 Å². The smallest absolute Gasteiger partial charge is 0.225 e. The van der Waals surface area contributed by atoms with Gasteiger partial charge in [-0.3, -0.25) is 9.59 Å². The van der Waals surface area contributed by atoms with Crippen molar-refractivity contribution in [3.05, 3.63) is 0 Å². The molecule has 2 aliphatic rings. The molecule has 0 bridgehead atoms. The lowest BCUT2D eigenvalue weighted by molar-refractivity contribution is -0.144. The standard InChI is InChI=1S/C15H27N3O4S/c1-12(2)14(19)16-8-10-17(11-9-16)15(20)13-4-6-18(7-5-13)23(3,21)22/h12-13H,4-11H2,1-3H3. The molecule has 2 saturated heterocycles. The lowest BCUT2D eigenvalue weighted by atomic mass is 9.96. The molecule has 8 heteroatoms. The summed E-state index contributed by atoms with van der Waals surface area (Å²) in [5.74, 6) is 0.131. The fraction of sp³-hybridized carbons (Fsp3) is 0.867. The van der Waals surface area contributed by atoms with Crippen LogP contribution in [0.25, 0.3) is 0 Å². The first kappa shape index (κ1) is 18.2. The van der Waals surface area contributed by atoms with Gasteiger partial charge in [-0.1, -0.05) is 13.8 Å². The third-order valence-electron chi connectivity index (χ3n) is 4.67. The first-order chi connectivity index (χ1) is 10.7. The van der Waals surface area contributed by atoms with Gasteiger partial charge < -0.3 is 9.80 Å². The SMILES string of the molecule is CC(C)C(=O)N1CCN(C(=O)C2CCN(S(C)(=O)=O)CC2)CC1. The first-order valence-corrected chi connectivity index (χ1v) is 10.1. The van der Waals surface area contributed by atoms with Gasteiger partial charge in [0.05, 0.1) is 6.26 Å². The number of carbonyl (C=O) groups is 2. The number of hydrogen-bond donors (Lipinski definition) is 0. The van der Waals surface area contributed by atoms with Gasteiger partial charge in [0.2, 0.25) is 21.8 Å². The molecular weight excluding hydrogens is 318 g/mol. The van der Waals surface area contributed by atoms with Crippen LogP contribution < -0.4 is 0 Å². The second-order valence-corrected chi connectivity index (χ2v) is 8.72. The van der Waals surface area contributed by atoms with Crippen molar-refractivity contribution in [2.24, 2.45) is 11.8 Å². The summed E-state index contributed by atoms with van der Waals surface area (Å²) in [6.45, 7) is 6.93. The number of piperazine rings is 1. The number of amides is 2. The van der Waals surface area contributed by atoms with Gasteiger partial charge in [-0.25, -0.2) is 12.7 Å². The van der Waals surface area contributed by atoms with E-state index in [4.69, 9.17) is 0 Å². The molecule has 2 heterocycles. The maximum absolute atomic E-state index is 12.6. The molecule has 0 spiro atoms. The van der Waals surface area contributed by atoms with Crippen LogP contribution in [0.4, 0.5) is 0 Å². The molecule has 0 radical (unpaired) electrons. The maximum atomic E-state index is 12.6. The molecule has 0 aliphatic carbocycles. The Kier molecular flexibility index (Phi) is 5.67. The van der Waals surface area contributed by atoms with Gasteiger partial charge in [-0.2, -0.15) is 0 Å². The van der Waals surface area contributed by atoms with Crippen LogP contribution in [-0.2, 0) is 19.6 Å². The van der Waals surface area contributed by atoms with Crippen molar-refractivity contribution in [2.45, 2.75) is 26.7 Å². The predicted molar refractivity (Wildman–Crippen MR) is 87.1 cm³/mol. The maximum Gasteiger partial charge on any atom is 0.225 e. The van der Waals surface area contributed by atoms with Crippen molar-refractivity contribution in [3.63, 3.8) is 0 Å². The zero-order valence-electron chi connectivity index (χ0n) is 14.2. The largest absolute Gasteiger partial charge is 0.339 e. The van der Waals surface area contributed by atoms with Gasteiger partial charge in [0.1, 0.15) is 0 Å². The Balaban J connectivity index is 1.83. The van der Waals surface area contributed by atoms with E-state index < -0.39 is 10.0 Å². The van der Waals surface area contributed by atoms with Crippen LogP contribution in [0.15, 0.2) is 0 Å². The molecule has 0 unspecified atom stereocenters. The van der Waals surface area contributed by atoms with Gasteiger partial charge in [-0.05, 0) is 12.8 Å². The second kappa shape index (κ2) is 7.17. The summed E-state index contributed by atoms with van der Waals surface area (Å²) in [6, 6.07) is 0. The van der Waals surface area contributed by atoms with Crippen molar-refractivity contribution in [1.82, 2.24) is 14.1 Å². The van der Waals surface area contributed by atoms with Crippen LogP contribution in [-0.4, -0.2) is 79.9 Å². The first-order valence-electron chi connectivity index (χ1n) is 8.23. The number of carbonyl (C=O) groups excluding carboxylic acids is 2. The van der Waals surface area contributed by atoms with E-state index in [-0.39, 0.29) is 23.7 Å². The van der Waals surface area contributed by atoms with E-state index in [0.717, 1.165) is 0 Å². The number of rotatable bonds is 3. The minimum atomic E-state index is -3.16. The minimum Gasteiger partial charge on any atom is -0.339 e. The molecule has 2 aliphatic heterocycles. The summed E-state index contributed by atoms with van der Waals surface area (Å²) >= 11 is 0. The van der Waals surface area contributed by atoms with Gasteiger partial charge >= 0.3 is 0 Å². The number of nitrogens with zero attached hydrogens (tertiary/aromatic N) is 3. The molecule has 7 nitrogen and oxygen atoms in total. The zero-order valence-corrected chi connectivity index (χ0v) is 15.0. The quantitative estimate of drug-likeness (QED) is 0.720. The highest BCUT2D eigenvalue weighted by Crippen LogP contribution is 2.22. The van der Waals surface area contributed by atoms with Gasteiger partial charge in [0.15, 0.2) is 0 Å². The highest BCUT2D eigenvalue weighted by atomic mass is 32.2. The number of hydrogen-bond acceptors (Lipinski definition) is 4. The Morgan fingerprint density at radius 2 is 1.39 bits per heavy atom. The average Bonchev–Trinajstić information content (AvgIpc) is 2.53. The fourth-order valence-electron chi connectivity index (χ4n) is 3.20. The Morgan fingerprint density at radius 1 is 0.913 bits per heavy atom. The molecule has 2 rings (SSSR count). The Morgan fingerprint density at radius 3 is 1.83 bits per heavy atom. The van der Waals surface area contributed by atoms with Crippen molar-refractivity contribution < 1.29 is 18.0 Å². The average molecular weight is 345 g/mol. The zero-order chi connectivity index (χ0) is 17.2. The van der Waals surface area contributed by atoms with E-state index in [9.17, 15) is 18.0 Å². The summed E-state index contributed by atoms with van der Waals surface area (Å²) in [7, 11) is -3.16. The summed E-state index contributed by atoms with van der Waals surface area (Å²) < 4.78 is 24.5. The van der Waals surface area contributed by atoms with E-state index in [1.807, 2.05) is 23.6 Å². The van der Waals surface area contributed by atoms with Crippen molar-refractivity contribution in [1.29, 1.82) is 0 Å². The van der Waals surface area contributed by atoms with E-state index in [0.29, 0.717) is 52.1 Å². The molecule has 0 aromatic heterocycles. The van der Waals surface area contributed by atoms with E-state index in [1.165, 1.54) is 10.6 Å². The fourth-order valence-corrected chi connectivity index (χ4v) is 4.08. The summed E-state index contributed by atoms with van der Waals surface area (Å²) in [5.41, 5.74) is 0. The summed E-state index contributed by atoms with van der Waals surface area (Å²) in [6.07, 6.45) is 2.37. The van der Waals surface area contributed by atoms with Crippen molar-refractivity contribution in [2.75, 3.05) is 45.5 Å². The Labute approximate surface area is 138 Å². The van der Waals surface area contributed by atoms with E-state index in [2.05, 4.69) is 0 Å². The van der Waals surface area contributed by atoms with Crippen LogP contribution in [0.3, 0.4) is 0 Å². The molecule has 23 heavy (non-hydrogen) atoms. The van der Waals surface area contributed by atoms with Crippen LogP contribution >= 0.6 is 0 Å². The third kappa shape index (κ3) is 4.44. The van der Waals surface area contributed by atoms with Crippen molar-refractivity contribution >= 4 is 21.8 Å². The van der Waals surface area contributed by atoms with Crippen LogP contribution in [0, 0.1) is 11.8 Å². The molecule has 0 aromatic rings. The highest BCUT2D eigenvalue weighted by molar-refractivity contribution is 7.88. The minimum absolute atomic E-state index is 0.0161. The monoisotopic (exact) mass is 345 g/mol. The lowest BCUT2D eigenvalue weighted by Gasteiger charge is -2.38. The molecule has 0 atom stereocenters. The number of piperidine rings is 1. The predicted octanol–water partition coefficient (Wildman–Crippen LogP) is -0.0152. The van der Waals surface area contributed by atoms with Crippen molar-refractivity contribution in [3.8, 4) is 0 Å². The van der Waals surface area contributed by atoms with E-state index >= 15 is 0 Å². The van der Waals surface area contributed by atoms with Crippen LogP contribution in [0.2, 0.25) is 0 Å². The number of sulfonamides is 1. The van der Waals surface area contributed by atoms with Gasteiger partial charge in [-0.15, -0.1) is 0 Å². The summed E-state index contributed by atoms with van der Waals surface area (Å²) in [5, 5.41) is 0. The normalized spacial score (nSPS) is 21.7. The Hall–Kier alpha value is -1.15. The summed E-state index contributed by atoms with van der Waals surface area (Å²) in [4.78, 5) is 28.2. The molecule has 2 fully saturated rings. The molecule has 132 valence electrons. The molecular formula is C15H27N3O4S. The molecule has 0 aromatic carbocycles. The molecule has 2 amide bonds. The Bertz CT molecular complexity index is 545. The van der Waals surface area contributed by atoms with Gasteiger partial charge in [0, 0.05) is 51.1 Å².